The van der Waals surface area contributed by atoms with Gasteiger partial charge in [0.25, 0.3) is 0 Å². The Morgan fingerprint density at radius 1 is 1.00 bits per heavy atom. The van der Waals surface area contributed by atoms with Gasteiger partial charge in [0.2, 0.25) is 11.7 Å². The Morgan fingerprint density at radius 3 is 2.38 bits per heavy atom. The van der Waals surface area contributed by atoms with Crippen LogP contribution in [0.1, 0.15) is 102 Å². The van der Waals surface area contributed by atoms with Crippen molar-refractivity contribution in [1.82, 2.24) is 5.32 Å². The van der Waals surface area contributed by atoms with Crippen LogP contribution in [-0.4, -0.2) is 51.6 Å². The number of benzene rings is 1. The first-order chi connectivity index (χ1) is 17.4. The molecule has 3 aliphatic rings. The van der Waals surface area contributed by atoms with Gasteiger partial charge in [-0.1, -0.05) is 20.3 Å². The van der Waals surface area contributed by atoms with Crippen LogP contribution in [0.25, 0.3) is 0 Å². The van der Waals surface area contributed by atoms with Crippen LogP contribution in [-0.2, 0) is 14.3 Å². The summed E-state index contributed by atoms with van der Waals surface area (Å²) in [4.78, 5) is 64.5. The molecule has 3 N–H and O–H groups in total. The number of carbonyl (C=O) groups excluding carboxylic acids is 5. The Morgan fingerprint density at radius 2 is 1.70 bits per heavy atom. The van der Waals surface area contributed by atoms with Crippen molar-refractivity contribution in [2.75, 3.05) is 0 Å². The highest BCUT2D eigenvalue weighted by Crippen LogP contribution is 2.35. The number of nitrogens with one attached hydrogen (secondary N) is 1. The van der Waals surface area contributed by atoms with Crippen molar-refractivity contribution in [3.8, 4) is 5.75 Å². The maximum Gasteiger partial charge on any atom is 0.309 e. The van der Waals surface area contributed by atoms with Crippen LogP contribution in [0.15, 0.2) is 17.8 Å². The molecule has 0 saturated carbocycles. The van der Waals surface area contributed by atoms with Crippen LogP contribution in [0, 0.1) is 18.8 Å². The lowest BCUT2D eigenvalue weighted by Gasteiger charge is -2.24. The van der Waals surface area contributed by atoms with E-state index in [4.69, 9.17) is 4.74 Å². The third-order valence-corrected chi connectivity index (χ3v) is 7.33. The quantitative estimate of drug-likeness (QED) is 0.483. The molecule has 1 aromatic rings. The summed E-state index contributed by atoms with van der Waals surface area (Å²) in [5.74, 6) is -3.71. The number of fused-ring (bicyclic) bond motifs is 15. The Hall–Kier alpha value is -3.33. The molecule has 9 nitrogen and oxygen atoms in total. The van der Waals surface area contributed by atoms with E-state index in [1.807, 2.05) is 6.92 Å². The average molecular weight is 514 g/mol. The highest BCUT2D eigenvalue weighted by molar-refractivity contribution is 6.28. The number of amides is 1. The van der Waals surface area contributed by atoms with E-state index in [1.165, 1.54) is 13.0 Å². The van der Waals surface area contributed by atoms with Crippen molar-refractivity contribution in [2.45, 2.75) is 84.8 Å². The summed E-state index contributed by atoms with van der Waals surface area (Å²) in [5.41, 5.74) is -0.322. The van der Waals surface area contributed by atoms with Crippen molar-refractivity contribution in [1.29, 1.82) is 0 Å². The van der Waals surface area contributed by atoms with Gasteiger partial charge in [0.1, 0.15) is 11.9 Å². The second kappa shape index (κ2) is 11.8. The van der Waals surface area contributed by atoms with E-state index in [1.54, 1.807) is 13.8 Å². The Labute approximate surface area is 216 Å². The molecule has 2 aliphatic heterocycles. The van der Waals surface area contributed by atoms with Crippen LogP contribution < -0.4 is 5.32 Å². The zero-order valence-corrected chi connectivity index (χ0v) is 21.8. The highest BCUT2D eigenvalue weighted by atomic mass is 16.6. The molecule has 9 heteroatoms. The molecule has 0 aromatic heterocycles. The number of Topliss-reactive ketones (excluding diaryl/α,β-unsaturated/α-hetero) is 2. The van der Waals surface area contributed by atoms with Gasteiger partial charge in [0, 0.05) is 30.0 Å². The van der Waals surface area contributed by atoms with Gasteiger partial charge in [-0.05, 0) is 57.1 Å². The summed E-state index contributed by atoms with van der Waals surface area (Å²) < 4.78 is 5.40. The average Bonchev–Trinajstić information content (AvgIpc) is 2.85. The molecule has 4 rings (SSSR count). The van der Waals surface area contributed by atoms with Crippen molar-refractivity contribution in [2.24, 2.45) is 11.8 Å². The second-order valence-electron chi connectivity index (χ2n) is 10.1. The number of esters is 1. The SMILES string of the molecule is CC[C@H]1CCC(=O)c2c(O)c(C)cc3c2C(=O)C=C(NC(=O)CC[C@H](C)C(=O)O[C@H](C)[C@H](O)CC1)C3=O. The summed E-state index contributed by atoms with van der Waals surface area (Å²) in [6.07, 6.45) is 1.58. The molecular weight excluding hydrogens is 478 g/mol. The minimum Gasteiger partial charge on any atom is -0.507 e. The van der Waals surface area contributed by atoms with Crippen molar-refractivity contribution >= 4 is 29.2 Å². The summed E-state index contributed by atoms with van der Waals surface area (Å²) in [7, 11) is 0. The van der Waals surface area contributed by atoms with Crippen LogP contribution in [0.5, 0.6) is 5.75 Å². The number of phenolic OH excluding ortho intramolecular Hbond substituents is 1. The van der Waals surface area contributed by atoms with Crippen LogP contribution in [0.3, 0.4) is 0 Å². The molecule has 200 valence electrons. The summed E-state index contributed by atoms with van der Waals surface area (Å²) in [6.45, 7) is 6.74. The third-order valence-electron chi connectivity index (χ3n) is 7.33. The number of ketones is 3. The summed E-state index contributed by atoms with van der Waals surface area (Å²) in [5, 5.41) is 23.7. The van der Waals surface area contributed by atoms with Crippen LogP contribution >= 0.6 is 0 Å². The molecule has 4 bridgehead atoms. The molecule has 0 radical (unpaired) electrons. The Kier molecular flexibility index (Phi) is 9.02. The molecule has 0 unspecified atom stereocenters. The van der Waals surface area contributed by atoms with Gasteiger partial charge in [-0.3, -0.25) is 24.0 Å². The Balaban J connectivity index is 1.98. The predicted molar refractivity (Wildman–Crippen MR) is 134 cm³/mol. The van der Waals surface area contributed by atoms with Crippen LogP contribution in [0.2, 0.25) is 0 Å². The van der Waals surface area contributed by atoms with Crippen molar-refractivity contribution in [3.05, 3.63) is 40.1 Å². The van der Waals surface area contributed by atoms with Gasteiger partial charge in [0.15, 0.2) is 11.6 Å². The van der Waals surface area contributed by atoms with E-state index >= 15 is 0 Å². The topological polar surface area (TPSA) is 147 Å². The Bertz CT molecular complexity index is 1150. The first-order valence-electron chi connectivity index (χ1n) is 12.8. The third kappa shape index (κ3) is 6.33. The fraction of sp³-hybridized carbons (Fsp3) is 0.536. The van der Waals surface area contributed by atoms with E-state index in [-0.39, 0.29) is 58.9 Å². The van der Waals surface area contributed by atoms with Crippen molar-refractivity contribution in [3.63, 3.8) is 0 Å². The smallest absolute Gasteiger partial charge is 0.309 e. The van der Waals surface area contributed by atoms with Crippen LogP contribution in [0.4, 0.5) is 0 Å². The minimum absolute atomic E-state index is 0.0366. The molecule has 0 saturated heterocycles. The van der Waals surface area contributed by atoms with Gasteiger partial charge in [-0.15, -0.1) is 0 Å². The van der Waals surface area contributed by atoms with Gasteiger partial charge < -0.3 is 20.3 Å². The largest absolute Gasteiger partial charge is 0.507 e. The number of aromatic hydroxyl groups is 1. The lowest BCUT2D eigenvalue weighted by molar-refractivity contribution is -0.158. The van der Waals surface area contributed by atoms with Crippen molar-refractivity contribution < 1.29 is 38.9 Å². The first-order valence-corrected chi connectivity index (χ1v) is 12.8. The molecule has 1 amide bonds. The lowest BCUT2D eigenvalue weighted by Crippen LogP contribution is -2.33. The molecule has 2 heterocycles. The standard InChI is InChI=1S/C28H35NO8/c1-5-17-7-9-20(30)16(4)37-28(36)14(2)6-11-23(33)29-19-13-22(32)24-18(27(19)35)12-15(3)26(34)25(24)21(31)10-8-17/h12-14,16-17,20,30,34H,5-11H2,1-4H3,(H,29,33)/t14-,16+,17+,20+/m0/s1. The molecular formula is C28H35NO8. The van der Waals surface area contributed by atoms with E-state index in [2.05, 4.69) is 5.32 Å². The highest BCUT2D eigenvalue weighted by Gasteiger charge is 2.34. The predicted octanol–water partition coefficient (Wildman–Crippen LogP) is 3.57. The van der Waals surface area contributed by atoms with Gasteiger partial charge in [0.05, 0.1) is 23.3 Å². The fourth-order valence-corrected chi connectivity index (χ4v) is 4.73. The number of aliphatic hydroxyl groups is 1. The maximum atomic E-state index is 13.3. The van der Waals surface area contributed by atoms with E-state index in [9.17, 15) is 34.2 Å². The molecule has 0 spiro atoms. The van der Waals surface area contributed by atoms with Gasteiger partial charge in [-0.25, -0.2) is 0 Å². The van der Waals surface area contributed by atoms with E-state index in [0.29, 0.717) is 19.3 Å². The molecule has 4 atom stereocenters. The second-order valence-corrected chi connectivity index (χ2v) is 10.1. The molecule has 1 aromatic carbocycles. The minimum atomic E-state index is -0.883. The number of allylic oxidation sites excluding steroid dienone is 2. The van der Waals surface area contributed by atoms with E-state index in [0.717, 1.165) is 12.5 Å². The zero-order valence-electron chi connectivity index (χ0n) is 21.8. The number of ether oxygens (including phenoxy) is 1. The first kappa shape index (κ1) is 28.2. The molecule has 0 fully saturated rings. The summed E-state index contributed by atoms with van der Waals surface area (Å²) >= 11 is 0. The lowest BCUT2D eigenvalue weighted by atomic mass is 9.83. The number of aryl methyl sites for hydroxylation is 1. The number of rotatable bonds is 1. The van der Waals surface area contributed by atoms with Gasteiger partial charge in [-0.2, -0.15) is 0 Å². The maximum absolute atomic E-state index is 13.3. The number of hydrogen-bond acceptors (Lipinski definition) is 8. The molecule has 37 heavy (non-hydrogen) atoms. The number of hydrogen-bond donors (Lipinski definition) is 3. The monoisotopic (exact) mass is 513 g/mol. The normalized spacial score (nSPS) is 26.4. The number of phenols is 1. The van der Waals surface area contributed by atoms with E-state index < -0.39 is 47.4 Å². The zero-order chi connectivity index (χ0) is 27.4. The number of carbonyl (C=O) groups is 5. The molecule has 1 aliphatic carbocycles. The van der Waals surface area contributed by atoms with Gasteiger partial charge >= 0.3 is 5.97 Å². The number of aliphatic hydroxyl groups excluding tert-OH is 1. The fourth-order valence-electron chi connectivity index (χ4n) is 4.73. The summed E-state index contributed by atoms with van der Waals surface area (Å²) in [6, 6.07) is 1.35.